The molecule has 0 spiro atoms. The zero-order valence-electron chi connectivity index (χ0n) is 20.7. The lowest BCUT2D eigenvalue weighted by Gasteiger charge is -2.32. The van der Waals surface area contributed by atoms with Gasteiger partial charge in [0.2, 0.25) is 10.0 Å². The first-order chi connectivity index (χ1) is 18.3. The second-order valence-corrected chi connectivity index (χ2v) is 11.3. The molecule has 5 heterocycles. The molecule has 1 aliphatic rings. The van der Waals surface area contributed by atoms with E-state index >= 15 is 0 Å². The first-order valence-corrected chi connectivity index (χ1v) is 14.0. The van der Waals surface area contributed by atoms with Gasteiger partial charge in [0, 0.05) is 55.9 Å². The Bertz CT molecular complexity index is 1750. The molecule has 1 saturated heterocycles. The van der Waals surface area contributed by atoms with E-state index in [1.54, 1.807) is 18.5 Å². The lowest BCUT2D eigenvalue weighted by molar-refractivity contribution is 0.102. The second-order valence-electron chi connectivity index (χ2n) is 9.36. The van der Waals surface area contributed by atoms with Gasteiger partial charge in [0.1, 0.15) is 11.3 Å². The van der Waals surface area contributed by atoms with Gasteiger partial charge < -0.3 is 10.3 Å². The number of anilines is 1. The van der Waals surface area contributed by atoms with E-state index in [9.17, 15) is 13.2 Å². The molecule has 0 atom stereocenters. The van der Waals surface area contributed by atoms with Gasteiger partial charge in [-0.05, 0) is 47.5 Å². The van der Waals surface area contributed by atoms with Gasteiger partial charge in [0.15, 0.2) is 0 Å². The van der Waals surface area contributed by atoms with Crippen molar-refractivity contribution in [3.63, 3.8) is 0 Å². The van der Waals surface area contributed by atoms with Crippen molar-refractivity contribution in [1.82, 2.24) is 34.4 Å². The number of nitrogens with zero attached hydrogens (tertiary/aromatic N) is 5. The van der Waals surface area contributed by atoms with E-state index in [0.29, 0.717) is 44.1 Å². The van der Waals surface area contributed by atoms with Crippen LogP contribution in [0.15, 0.2) is 61.1 Å². The van der Waals surface area contributed by atoms with Crippen LogP contribution in [0.2, 0.25) is 0 Å². The van der Waals surface area contributed by atoms with E-state index < -0.39 is 10.0 Å². The highest BCUT2D eigenvalue weighted by Crippen LogP contribution is 2.33. The number of carbonyl (C=O) groups is 1. The first-order valence-electron chi connectivity index (χ1n) is 12.2. The summed E-state index contributed by atoms with van der Waals surface area (Å²) in [6.07, 6.45) is 6.52. The van der Waals surface area contributed by atoms with Crippen molar-refractivity contribution in [2.75, 3.05) is 37.8 Å². The molecule has 4 aromatic heterocycles. The lowest BCUT2D eigenvalue weighted by atomic mass is 10.0. The summed E-state index contributed by atoms with van der Waals surface area (Å²) in [5.41, 5.74) is 5.17. The number of hydrogen-bond donors (Lipinski definition) is 3. The smallest absolute Gasteiger partial charge is 0.274 e. The molecule has 1 fully saturated rings. The summed E-state index contributed by atoms with van der Waals surface area (Å²) < 4.78 is 25.0. The Balaban J connectivity index is 1.23. The van der Waals surface area contributed by atoms with Crippen LogP contribution in [-0.4, -0.2) is 81.1 Å². The van der Waals surface area contributed by atoms with Crippen LogP contribution in [0, 0.1) is 0 Å². The largest absolute Gasteiger partial charge is 0.346 e. The number of aromatic nitrogens is 5. The highest BCUT2D eigenvalue weighted by atomic mass is 32.2. The summed E-state index contributed by atoms with van der Waals surface area (Å²) in [4.78, 5) is 27.5. The zero-order chi connectivity index (χ0) is 26.3. The Labute approximate surface area is 218 Å². The molecule has 1 aliphatic heterocycles. The van der Waals surface area contributed by atoms with Gasteiger partial charge >= 0.3 is 0 Å². The number of piperazine rings is 1. The third-order valence-corrected chi connectivity index (χ3v) is 8.11. The zero-order valence-corrected chi connectivity index (χ0v) is 21.5. The Kier molecular flexibility index (Phi) is 6.14. The number of rotatable bonds is 6. The average Bonchev–Trinajstić information content (AvgIpc) is 3.58. The van der Waals surface area contributed by atoms with Gasteiger partial charge in [0.05, 0.1) is 29.4 Å². The van der Waals surface area contributed by atoms with Crippen LogP contribution < -0.4 is 5.32 Å². The molecule has 1 amide bonds. The summed E-state index contributed by atoms with van der Waals surface area (Å²) in [6, 6.07) is 13.2. The lowest BCUT2D eigenvalue weighted by Crippen LogP contribution is -2.47. The first kappa shape index (κ1) is 24.2. The average molecular weight is 531 g/mol. The van der Waals surface area contributed by atoms with Crippen molar-refractivity contribution in [2.45, 2.75) is 6.54 Å². The normalized spacial score (nSPS) is 15.3. The predicted octanol–water partition coefficient (Wildman–Crippen LogP) is 2.83. The number of amides is 1. The summed E-state index contributed by atoms with van der Waals surface area (Å²) >= 11 is 0. The summed E-state index contributed by atoms with van der Waals surface area (Å²) in [6.45, 7) is 2.65. The molecule has 12 heteroatoms. The standard InChI is InChI=1S/C26H26N8O3S/c1-38(36,37)34-11-9-33(10-12-34)16-18-3-2-4-22(30-18)26(35)31-23-13-17(14-24-21(23)15-29-32-24)19-5-7-27-25-20(19)6-8-28-25/h2-8,13-15H,9-12,16H2,1H3,(H,27,28)(H,29,32)(H,31,35). The van der Waals surface area contributed by atoms with Crippen molar-refractivity contribution >= 4 is 43.6 Å². The van der Waals surface area contributed by atoms with Crippen molar-refractivity contribution < 1.29 is 13.2 Å². The van der Waals surface area contributed by atoms with E-state index in [-0.39, 0.29) is 5.91 Å². The van der Waals surface area contributed by atoms with Crippen LogP contribution in [-0.2, 0) is 16.6 Å². The van der Waals surface area contributed by atoms with Gasteiger partial charge in [-0.2, -0.15) is 9.40 Å². The van der Waals surface area contributed by atoms with Crippen molar-refractivity contribution in [1.29, 1.82) is 0 Å². The van der Waals surface area contributed by atoms with E-state index in [0.717, 1.165) is 38.8 Å². The van der Waals surface area contributed by atoms with Crippen LogP contribution in [0.5, 0.6) is 0 Å². The van der Waals surface area contributed by atoms with Gasteiger partial charge in [0.25, 0.3) is 5.91 Å². The highest BCUT2D eigenvalue weighted by Gasteiger charge is 2.24. The van der Waals surface area contributed by atoms with Crippen LogP contribution in [0.1, 0.15) is 16.2 Å². The SMILES string of the molecule is CS(=O)(=O)N1CCN(Cc2cccc(C(=O)Nc3cc(-c4ccnc5[nH]ccc45)cc4[nH]ncc34)n2)CC1. The molecular weight excluding hydrogens is 504 g/mol. The van der Waals surface area contributed by atoms with Crippen LogP contribution in [0.3, 0.4) is 0 Å². The molecule has 38 heavy (non-hydrogen) atoms. The number of aromatic amines is 2. The summed E-state index contributed by atoms with van der Waals surface area (Å²) in [5.74, 6) is -0.324. The minimum atomic E-state index is -3.18. The minimum Gasteiger partial charge on any atom is -0.346 e. The monoisotopic (exact) mass is 530 g/mol. The maximum Gasteiger partial charge on any atom is 0.274 e. The van der Waals surface area contributed by atoms with Gasteiger partial charge in [-0.3, -0.25) is 14.8 Å². The number of fused-ring (bicyclic) bond motifs is 2. The Morgan fingerprint density at radius 3 is 2.74 bits per heavy atom. The molecule has 0 aliphatic carbocycles. The highest BCUT2D eigenvalue weighted by molar-refractivity contribution is 7.88. The fourth-order valence-corrected chi connectivity index (χ4v) is 5.68. The van der Waals surface area contributed by atoms with E-state index in [1.807, 2.05) is 42.6 Å². The molecule has 0 bridgehead atoms. The number of hydrogen-bond acceptors (Lipinski definition) is 7. The minimum absolute atomic E-state index is 0.302. The van der Waals surface area contributed by atoms with Gasteiger partial charge in [-0.1, -0.05) is 6.07 Å². The molecular formula is C26H26N8O3S. The molecule has 6 rings (SSSR count). The molecule has 0 unspecified atom stereocenters. The van der Waals surface area contributed by atoms with E-state index in [1.165, 1.54) is 10.6 Å². The maximum atomic E-state index is 13.3. The molecule has 11 nitrogen and oxygen atoms in total. The van der Waals surface area contributed by atoms with Crippen LogP contribution in [0.4, 0.5) is 5.69 Å². The third kappa shape index (κ3) is 4.76. The summed E-state index contributed by atoms with van der Waals surface area (Å²) in [7, 11) is -3.18. The van der Waals surface area contributed by atoms with Crippen molar-refractivity contribution in [3.05, 3.63) is 72.4 Å². The fourth-order valence-electron chi connectivity index (χ4n) is 4.85. The van der Waals surface area contributed by atoms with E-state index in [4.69, 9.17) is 0 Å². The summed E-state index contributed by atoms with van der Waals surface area (Å²) in [5, 5.41) is 12.0. The quantitative estimate of drug-likeness (QED) is 0.307. The third-order valence-electron chi connectivity index (χ3n) is 6.80. The Morgan fingerprint density at radius 1 is 1.08 bits per heavy atom. The number of nitrogens with one attached hydrogen (secondary N) is 3. The number of sulfonamides is 1. The molecule has 0 radical (unpaired) electrons. The molecule has 0 saturated carbocycles. The van der Waals surface area contributed by atoms with Crippen LogP contribution in [0.25, 0.3) is 33.1 Å². The topological polar surface area (TPSA) is 140 Å². The van der Waals surface area contributed by atoms with Gasteiger partial charge in [-0.25, -0.2) is 18.4 Å². The predicted molar refractivity (Wildman–Crippen MR) is 145 cm³/mol. The molecule has 5 aromatic rings. The number of benzene rings is 1. The fraction of sp³-hybridized carbons (Fsp3) is 0.231. The molecule has 1 aromatic carbocycles. The number of carbonyl (C=O) groups excluding carboxylic acids is 1. The molecule has 194 valence electrons. The Morgan fingerprint density at radius 2 is 1.92 bits per heavy atom. The number of pyridine rings is 2. The Hall–Kier alpha value is -4.13. The maximum absolute atomic E-state index is 13.3. The number of H-pyrrole nitrogens is 2. The van der Waals surface area contributed by atoms with Crippen LogP contribution >= 0.6 is 0 Å². The van der Waals surface area contributed by atoms with E-state index in [2.05, 4.69) is 35.4 Å². The second kappa shape index (κ2) is 9.63. The van der Waals surface area contributed by atoms with Crippen molar-refractivity contribution in [3.8, 4) is 11.1 Å². The van der Waals surface area contributed by atoms with Gasteiger partial charge in [-0.15, -0.1) is 0 Å². The molecule has 3 N–H and O–H groups in total. The van der Waals surface area contributed by atoms with Crippen molar-refractivity contribution in [2.24, 2.45) is 0 Å².